The third-order valence-electron chi connectivity index (χ3n) is 3.77. The maximum atomic E-state index is 12.4. The van der Waals surface area contributed by atoms with Crippen molar-refractivity contribution in [2.45, 2.75) is 13.2 Å². The predicted octanol–water partition coefficient (Wildman–Crippen LogP) is 2.26. The van der Waals surface area contributed by atoms with Crippen LogP contribution >= 0.6 is 0 Å². The Morgan fingerprint density at radius 1 is 1.17 bits per heavy atom. The summed E-state index contributed by atoms with van der Waals surface area (Å²) < 4.78 is 6.57. The van der Waals surface area contributed by atoms with E-state index in [1.165, 1.54) is 10.7 Å². The van der Waals surface area contributed by atoms with E-state index in [9.17, 15) is 9.90 Å². The average Bonchev–Trinajstić information content (AvgIpc) is 3.21. The molecule has 1 aliphatic rings. The van der Waals surface area contributed by atoms with Crippen LogP contribution in [-0.4, -0.2) is 25.8 Å². The number of amides is 1. The topological polar surface area (TPSA) is 89.3 Å². The number of pyridine rings is 1. The monoisotopic (exact) mass is 322 g/mol. The van der Waals surface area contributed by atoms with Gasteiger partial charge in [-0.3, -0.25) is 4.79 Å². The minimum Gasteiger partial charge on any atom is -0.493 e. The minimum absolute atomic E-state index is 0.106. The number of rotatable bonds is 3. The zero-order chi connectivity index (χ0) is 16.5. The zero-order valence-electron chi connectivity index (χ0n) is 12.6. The van der Waals surface area contributed by atoms with Gasteiger partial charge in [0.05, 0.1) is 13.2 Å². The smallest absolute Gasteiger partial charge is 0.276 e. The van der Waals surface area contributed by atoms with Gasteiger partial charge in [-0.05, 0) is 35.4 Å². The molecule has 0 saturated heterocycles. The van der Waals surface area contributed by atoms with E-state index in [0.717, 1.165) is 11.1 Å². The van der Waals surface area contributed by atoms with E-state index < -0.39 is 5.91 Å². The lowest BCUT2D eigenvalue weighted by atomic mass is 10.1. The van der Waals surface area contributed by atoms with Gasteiger partial charge >= 0.3 is 0 Å². The van der Waals surface area contributed by atoms with E-state index in [-0.39, 0.29) is 11.6 Å². The lowest BCUT2D eigenvalue weighted by Crippen LogP contribution is -2.13. The van der Waals surface area contributed by atoms with Crippen molar-refractivity contribution in [1.29, 1.82) is 0 Å². The van der Waals surface area contributed by atoms with Crippen molar-refractivity contribution in [2.75, 3.05) is 5.32 Å². The molecule has 0 aliphatic carbocycles. The fourth-order valence-corrected chi connectivity index (χ4v) is 2.57. The summed E-state index contributed by atoms with van der Waals surface area (Å²) in [6.07, 6.45) is 1.59. The largest absolute Gasteiger partial charge is 0.493 e. The quantitative estimate of drug-likeness (QED) is 0.772. The van der Waals surface area contributed by atoms with Gasteiger partial charge in [-0.25, -0.2) is 4.98 Å². The van der Waals surface area contributed by atoms with Gasteiger partial charge in [0.25, 0.3) is 5.91 Å². The normalized spacial score (nSPS) is 12.8. The summed E-state index contributed by atoms with van der Waals surface area (Å²) in [5.41, 5.74) is 2.96. The minimum atomic E-state index is -0.404. The Kier molecular flexibility index (Phi) is 3.47. The van der Waals surface area contributed by atoms with Gasteiger partial charge in [0.15, 0.2) is 11.5 Å². The number of carbonyl (C=O) groups is 1. The van der Waals surface area contributed by atoms with Crippen molar-refractivity contribution in [3.63, 3.8) is 0 Å². The van der Waals surface area contributed by atoms with E-state index in [4.69, 9.17) is 4.74 Å². The molecule has 7 heteroatoms. The van der Waals surface area contributed by atoms with Crippen LogP contribution < -0.4 is 5.32 Å². The zero-order valence-corrected chi connectivity index (χ0v) is 12.6. The van der Waals surface area contributed by atoms with E-state index >= 15 is 0 Å². The number of ether oxygens (including phenoxy) is 1. The Bertz CT molecular complexity index is 905. The first-order valence-electron chi connectivity index (χ1n) is 7.42. The second kappa shape index (κ2) is 5.78. The summed E-state index contributed by atoms with van der Waals surface area (Å²) in [4.78, 5) is 16.5. The predicted molar refractivity (Wildman–Crippen MR) is 85.9 cm³/mol. The first-order chi connectivity index (χ1) is 11.7. The van der Waals surface area contributed by atoms with Crippen molar-refractivity contribution in [2.24, 2.45) is 0 Å². The molecule has 120 valence electrons. The van der Waals surface area contributed by atoms with Gasteiger partial charge in [0.2, 0.25) is 5.88 Å². The fourth-order valence-electron chi connectivity index (χ4n) is 2.57. The van der Waals surface area contributed by atoms with Crippen LogP contribution in [0.1, 0.15) is 21.6 Å². The Balaban J connectivity index is 1.57. The molecule has 0 spiro atoms. The highest BCUT2D eigenvalue weighted by molar-refractivity contribution is 6.03. The van der Waals surface area contributed by atoms with Crippen LogP contribution in [0.25, 0.3) is 5.82 Å². The molecule has 0 radical (unpaired) electrons. The fraction of sp³-hybridized carbons (Fsp3) is 0.118. The van der Waals surface area contributed by atoms with Crippen molar-refractivity contribution in [3.05, 3.63) is 65.5 Å². The number of fused-ring (bicyclic) bond motifs is 1. The molecule has 0 saturated carbocycles. The second-order valence-electron chi connectivity index (χ2n) is 5.42. The summed E-state index contributed by atoms with van der Waals surface area (Å²) in [5, 5.41) is 16.9. The first-order valence-corrected chi connectivity index (χ1v) is 7.42. The van der Waals surface area contributed by atoms with Crippen LogP contribution in [-0.2, 0) is 18.0 Å². The summed E-state index contributed by atoms with van der Waals surface area (Å²) >= 11 is 0. The van der Waals surface area contributed by atoms with Gasteiger partial charge in [0.1, 0.15) is 0 Å². The summed E-state index contributed by atoms with van der Waals surface area (Å²) in [6, 6.07) is 12.2. The van der Waals surface area contributed by atoms with Crippen LogP contribution in [0.2, 0.25) is 0 Å². The summed E-state index contributed by atoms with van der Waals surface area (Å²) in [5.74, 6) is -0.122. The van der Waals surface area contributed by atoms with Crippen LogP contribution in [0.5, 0.6) is 5.88 Å². The van der Waals surface area contributed by atoms with Crippen molar-refractivity contribution < 1.29 is 14.6 Å². The molecule has 4 rings (SSSR count). The number of nitrogens with one attached hydrogen (secondary N) is 1. The highest BCUT2D eigenvalue weighted by Gasteiger charge is 2.17. The van der Waals surface area contributed by atoms with Gasteiger partial charge in [-0.1, -0.05) is 12.1 Å². The molecule has 24 heavy (non-hydrogen) atoms. The molecule has 7 nitrogen and oxygen atoms in total. The van der Waals surface area contributed by atoms with Crippen LogP contribution in [0.3, 0.4) is 0 Å². The Morgan fingerprint density at radius 3 is 2.88 bits per heavy atom. The maximum Gasteiger partial charge on any atom is 0.276 e. The number of hydrogen-bond acceptors (Lipinski definition) is 5. The molecule has 3 aromatic rings. The molecule has 1 aliphatic heterocycles. The molecule has 0 unspecified atom stereocenters. The highest BCUT2D eigenvalue weighted by atomic mass is 16.5. The van der Waals surface area contributed by atoms with Crippen molar-refractivity contribution in [3.8, 4) is 11.7 Å². The maximum absolute atomic E-state index is 12.4. The molecule has 0 fully saturated rings. The molecule has 0 atom stereocenters. The number of nitrogens with zero attached hydrogens (tertiary/aromatic N) is 3. The number of aromatic hydroxyl groups is 1. The van der Waals surface area contributed by atoms with E-state index in [0.29, 0.717) is 24.7 Å². The molecule has 2 N–H and O–H groups in total. The van der Waals surface area contributed by atoms with Crippen LogP contribution in [0, 0.1) is 0 Å². The number of anilines is 1. The number of carbonyl (C=O) groups excluding carboxylic acids is 1. The number of hydrogen-bond donors (Lipinski definition) is 2. The van der Waals surface area contributed by atoms with Crippen LogP contribution in [0.15, 0.2) is 48.7 Å². The van der Waals surface area contributed by atoms with E-state index in [2.05, 4.69) is 15.4 Å². The lowest BCUT2D eigenvalue weighted by molar-refractivity contribution is 0.102. The Morgan fingerprint density at radius 2 is 2.04 bits per heavy atom. The second-order valence-corrected chi connectivity index (χ2v) is 5.42. The molecule has 1 aromatic carbocycles. The van der Waals surface area contributed by atoms with Gasteiger partial charge in [-0.15, -0.1) is 0 Å². The third kappa shape index (κ3) is 2.61. The SMILES string of the molecule is O=C(Nc1ccc2c(c1)COC2)c1cc(O)n(-c2ccccn2)n1. The number of benzene rings is 1. The molecule has 0 bridgehead atoms. The lowest BCUT2D eigenvalue weighted by Gasteiger charge is -2.05. The van der Waals surface area contributed by atoms with Gasteiger partial charge in [0, 0.05) is 18.0 Å². The third-order valence-corrected chi connectivity index (χ3v) is 3.77. The molecular formula is C17H14N4O3. The Hall–Kier alpha value is -3.19. The Labute approximate surface area is 137 Å². The van der Waals surface area contributed by atoms with Gasteiger partial charge < -0.3 is 15.2 Å². The first kappa shape index (κ1) is 14.4. The van der Waals surface area contributed by atoms with Crippen molar-refractivity contribution in [1.82, 2.24) is 14.8 Å². The summed E-state index contributed by atoms with van der Waals surface area (Å²) in [7, 11) is 0. The standard InChI is InChI=1S/C17H14N4O3/c22-16-8-14(20-21(16)15-3-1-2-6-18-15)17(23)19-13-5-4-11-9-24-10-12(11)7-13/h1-8,22H,9-10H2,(H,19,23). The number of aromatic nitrogens is 3. The molecule has 3 heterocycles. The molecular weight excluding hydrogens is 308 g/mol. The van der Waals surface area contributed by atoms with Gasteiger partial charge in [-0.2, -0.15) is 9.78 Å². The molecule has 2 aromatic heterocycles. The highest BCUT2D eigenvalue weighted by Crippen LogP contribution is 2.24. The van der Waals surface area contributed by atoms with E-state index in [1.54, 1.807) is 24.4 Å². The molecule has 1 amide bonds. The van der Waals surface area contributed by atoms with Crippen LogP contribution in [0.4, 0.5) is 5.69 Å². The average molecular weight is 322 g/mol. The van der Waals surface area contributed by atoms with E-state index in [1.807, 2.05) is 18.2 Å². The van der Waals surface area contributed by atoms with Crippen molar-refractivity contribution >= 4 is 11.6 Å². The summed E-state index contributed by atoms with van der Waals surface area (Å²) in [6.45, 7) is 1.15.